The van der Waals surface area contributed by atoms with Crippen molar-refractivity contribution in [2.45, 2.75) is 26.4 Å². The zero-order chi connectivity index (χ0) is 14.3. The van der Waals surface area contributed by atoms with Crippen molar-refractivity contribution in [1.82, 2.24) is 10.2 Å². The molecule has 1 atom stereocenters. The average molecular weight is 264 g/mol. The molecule has 1 unspecified atom stereocenters. The fourth-order valence-corrected chi connectivity index (χ4v) is 1.79. The number of hydrogen-bond acceptors (Lipinski definition) is 3. The lowest BCUT2D eigenvalue weighted by molar-refractivity contribution is -0.137. The summed E-state index contributed by atoms with van der Waals surface area (Å²) >= 11 is 0. The highest BCUT2D eigenvalue weighted by Gasteiger charge is 2.22. The minimum Gasteiger partial charge on any atom is -0.480 e. The molecular weight excluding hydrogens is 240 g/mol. The quantitative estimate of drug-likeness (QED) is 0.817. The number of amides is 1. The van der Waals surface area contributed by atoms with Gasteiger partial charge >= 0.3 is 0 Å². The normalized spacial score (nSPS) is 12.0. The van der Waals surface area contributed by atoms with Crippen LogP contribution in [0.25, 0.3) is 0 Å². The number of nitrogens with zero attached hydrogens (tertiary/aromatic N) is 1. The van der Waals surface area contributed by atoms with E-state index in [1.54, 1.807) is 4.90 Å². The zero-order valence-corrected chi connectivity index (χ0v) is 12.3. The van der Waals surface area contributed by atoms with Gasteiger partial charge in [0.05, 0.1) is 0 Å². The number of ether oxygens (including phenoxy) is 1. The molecule has 0 aliphatic heterocycles. The first-order valence-electron chi connectivity index (χ1n) is 6.72. The molecule has 0 saturated heterocycles. The van der Waals surface area contributed by atoms with Crippen LogP contribution in [0.5, 0.6) is 5.75 Å². The predicted octanol–water partition coefficient (Wildman–Crippen LogP) is 1.83. The van der Waals surface area contributed by atoms with Gasteiger partial charge in [0.25, 0.3) is 5.91 Å². The van der Waals surface area contributed by atoms with Gasteiger partial charge in [0.1, 0.15) is 5.75 Å². The van der Waals surface area contributed by atoms with E-state index in [0.717, 1.165) is 17.9 Å². The summed E-state index contributed by atoms with van der Waals surface area (Å²) in [5, 5.41) is 3.03. The first kappa shape index (κ1) is 15.5. The van der Waals surface area contributed by atoms with Crippen LogP contribution in [-0.2, 0) is 4.79 Å². The Morgan fingerprint density at radius 2 is 2.11 bits per heavy atom. The Kier molecular flexibility index (Phi) is 6.36. The number of rotatable bonds is 7. The topological polar surface area (TPSA) is 41.6 Å². The minimum atomic E-state index is -0.414. The maximum absolute atomic E-state index is 12.3. The van der Waals surface area contributed by atoms with Gasteiger partial charge in [-0.25, -0.2) is 0 Å². The van der Waals surface area contributed by atoms with Crippen molar-refractivity contribution in [1.29, 1.82) is 0 Å². The van der Waals surface area contributed by atoms with Gasteiger partial charge in [0.2, 0.25) is 0 Å². The number of aryl methyl sites for hydroxylation is 1. The smallest absolute Gasteiger partial charge is 0.263 e. The van der Waals surface area contributed by atoms with Gasteiger partial charge < -0.3 is 15.0 Å². The lowest BCUT2D eigenvalue weighted by atomic mass is 10.2. The van der Waals surface area contributed by atoms with Crippen LogP contribution in [-0.4, -0.2) is 44.1 Å². The average Bonchev–Trinajstić information content (AvgIpc) is 2.43. The Hall–Kier alpha value is -1.55. The third-order valence-corrected chi connectivity index (χ3v) is 3.08. The van der Waals surface area contributed by atoms with E-state index in [4.69, 9.17) is 4.74 Å². The highest BCUT2D eigenvalue weighted by molar-refractivity contribution is 5.81. The standard InChI is InChI=1S/C15H24N2O2/c1-5-13(15(18)17(4)11-10-16-3)19-14-9-7-6-8-12(14)2/h6-9,13,16H,5,10-11H2,1-4H3. The zero-order valence-electron chi connectivity index (χ0n) is 12.3. The van der Waals surface area contributed by atoms with Crippen molar-refractivity contribution in [3.8, 4) is 5.75 Å². The fourth-order valence-electron chi connectivity index (χ4n) is 1.79. The molecule has 1 rings (SSSR count). The van der Waals surface area contributed by atoms with Crippen molar-refractivity contribution in [3.05, 3.63) is 29.8 Å². The van der Waals surface area contributed by atoms with E-state index >= 15 is 0 Å². The molecule has 0 bridgehead atoms. The summed E-state index contributed by atoms with van der Waals surface area (Å²) in [5.74, 6) is 0.811. The first-order chi connectivity index (χ1) is 9.10. The van der Waals surface area contributed by atoms with Gasteiger partial charge in [-0.15, -0.1) is 0 Å². The SMILES string of the molecule is CCC(Oc1ccccc1C)C(=O)N(C)CCNC. The summed E-state index contributed by atoms with van der Waals surface area (Å²) in [4.78, 5) is 14.0. The van der Waals surface area contributed by atoms with Crippen LogP contribution < -0.4 is 10.1 Å². The molecule has 19 heavy (non-hydrogen) atoms. The predicted molar refractivity (Wildman–Crippen MR) is 77.4 cm³/mol. The summed E-state index contributed by atoms with van der Waals surface area (Å²) in [6, 6.07) is 7.77. The highest BCUT2D eigenvalue weighted by Crippen LogP contribution is 2.19. The Morgan fingerprint density at radius 1 is 1.42 bits per heavy atom. The van der Waals surface area contributed by atoms with Crippen molar-refractivity contribution in [2.24, 2.45) is 0 Å². The highest BCUT2D eigenvalue weighted by atomic mass is 16.5. The Balaban J connectivity index is 2.67. The van der Waals surface area contributed by atoms with Crippen molar-refractivity contribution >= 4 is 5.91 Å². The molecule has 0 fully saturated rings. The van der Waals surface area contributed by atoms with Crippen molar-refractivity contribution < 1.29 is 9.53 Å². The second-order valence-electron chi connectivity index (χ2n) is 4.64. The van der Waals surface area contributed by atoms with Crippen LogP contribution in [0.1, 0.15) is 18.9 Å². The number of carbonyl (C=O) groups is 1. The molecule has 4 nitrogen and oxygen atoms in total. The summed E-state index contributed by atoms with van der Waals surface area (Å²) in [6.45, 7) is 5.41. The van der Waals surface area contributed by atoms with Gasteiger partial charge in [0.15, 0.2) is 6.10 Å². The van der Waals surface area contributed by atoms with Gasteiger partial charge in [-0.1, -0.05) is 25.1 Å². The lowest BCUT2D eigenvalue weighted by Crippen LogP contribution is -2.42. The molecule has 1 aromatic rings. The maximum Gasteiger partial charge on any atom is 0.263 e. The van der Waals surface area contributed by atoms with Crippen LogP contribution in [0.3, 0.4) is 0 Å². The molecule has 0 radical (unpaired) electrons. The minimum absolute atomic E-state index is 0.0287. The number of likely N-dealkylation sites (N-methyl/N-ethyl adjacent to an activating group) is 2. The molecule has 1 amide bonds. The molecule has 1 aromatic carbocycles. The summed E-state index contributed by atoms with van der Waals surface area (Å²) < 4.78 is 5.85. The third-order valence-electron chi connectivity index (χ3n) is 3.08. The molecule has 0 saturated carbocycles. The molecule has 106 valence electrons. The second-order valence-corrected chi connectivity index (χ2v) is 4.64. The Morgan fingerprint density at radius 3 is 2.68 bits per heavy atom. The molecule has 0 aromatic heterocycles. The number of hydrogen-bond donors (Lipinski definition) is 1. The van der Waals surface area contributed by atoms with Crippen LogP contribution in [0.4, 0.5) is 0 Å². The molecule has 0 heterocycles. The van der Waals surface area contributed by atoms with Gasteiger partial charge in [-0.05, 0) is 32.0 Å². The molecule has 0 aliphatic rings. The monoisotopic (exact) mass is 264 g/mol. The van der Waals surface area contributed by atoms with E-state index in [-0.39, 0.29) is 5.91 Å². The lowest BCUT2D eigenvalue weighted by Gasteiger charge is -2.24. The summed E-state index contributed by atoms with van der Waals surface area (Å²) in [5.41, 5.74) is 1.05. The van der Waals surface area contributed by atoms with E-state index in [0.29, 0.717) is 13.0 Å². The van der Waals surface area contributed by atoms with Crippen LogP contribution in [0, 0.1) is 6.92 Å². The molecule has 0 spiro atoms. The Labute approximate surface area is 115 Å². The second kappa shape index (κ2) is 7.79. The van der Waals surface area contributed by atoms with Crippen LogP contribution in [0.2, 0.25) is 0 Å². The molecule has 4 heteroatoms. The number of carbonyl (C=O) groups excluding carboxylic acids is 1. The molecule has 0 aliphatic carbocycles. The van der Waals surface area contributed by atoms with Crippen LogP contribution >= 0.6 is 0 Å². The van der Waals surface area contributed by atoms with E-state index in [1.165, 1.54) is 0 Å². The van der Waals surface area contributed by atoms with Crippen molar-refractivity contribution in [3.63, 3.8) is 0 Å². The van der Waals surface area contributed by atoms with Crippen molar-refractivity contribution in [2.75, 3.05) is 27.2 Å². The van der Waals surface area contributed by atoms with E-state index in [9.17, 15) is 4.79 Å². The fraction of sp³-hybridized carbons (Fsp3) is 0.533. The summed E-state index contributed by atoms with van der Waals surface area (Å²) in [6.07, 6.45) is 0.250. The largest absolute Gasteiger partial charge is 0.480 e. The van der Waals surface area contributed by atoms with E-state index in [1.807, 2.05) is 52.2 Å². The van der Waals surface area contributed by atoms with Gasteiger partial charge in [0, 0.05) is 20.1 Å². The first-order valence-corrected chi connectivity index (χ1v) is 6.72. The van der Waals surface area contributed by atoms with Gasteiger partial charge in [-0.3, -0.25) is 4.79 Å². The van der Waals surface area contributed by atoms with E-state index < -0.39 is 6.10 Å². The number of nitrogens with one attached hydrogen (secondary N) is 1. The van der Waals surface area contributed by atoms with Gasteiger partial charge in [-0.2, -0.15) is 0 Å². The maximum atomic E-state index is 12.3. The molecule has 1 N–H and O–H groups in total. The molecular formula is C15H24N2O2. The summed E-state index contributed by atoms with van der Waals surface area (Å²) in [7, 11) is 3.68. The third kappa shape index (κ3) is 4.56. The number of para-hydroxylation sites is 1. The van der Waals surface area contributed by atoms with Crippen LogP contribution in [0.15, 0.2) is 24.3 Å². The Bertz CT molecular complexity index is 407. The number of benzene rings is 1. The van der Waals surface area contributed by atoms with E-state index in [2.05, 4.69) is 5.32 Å².